The van der Waals surface area contributed by atoms with Gasteiger partial charge in [0.1, 0.15) is 13.2 Å². The molecule has 1 aromatic heterocycles. The van der Waals surface area contributed by atoms with Crippen LogP contribution in [0.2, 0.25) is 0 Å². The van der Waals surface area contributed by atoms with Crippen LogP contribution in [0, 0.1) is 10.1 Å². The van der Waals surface area contributed by atoms with Crippen molar-refractivity contribution in [2.24, 2.45) is 0 Å². The lowest BCUT2D eigenvalue weighted by Gasteiger charge is -2.30. The number of allylic oxidation sites excluding steroid dienone is 2. The quantitative estimate of drug-likeness (QED) is 0.128. The first kappa shape index (κ1) is 28.7. The first-order chi connectivity index (χ1) is 19.7. The Bertz CT molecular complexity index is 1520. The number of nitro groups is 1. The summed E-state index contributed by atoms with van der Waals surface area (Å²) in [7, 11) is 1.21. The average Bonchev–Trinajstić information content (AvgIpc) is 3.47. The monoisotopic (exact) mass is 560 g/mol. The first-order valence-electron chi connectivity index (χ1n) is 12.6. The molecule has 41 heavy (non-hydrogen) atoms. The van der Waals surface area contributed by atoms with Crippen molar-refractivity contribution in [3.63, 3.8) is 0 Å². The largest absolute Gasteiger partial charge is 0.466 e. The number of nitrogens with one attached hydrogen (secondary N) is 1. The van der Waals surface area contributed by atoms with E-state index in [-0.39, 0.29) is 30.0 Å². The summed E-state index contributed by atoms with van der Waals surface area (Å²) in [6.45, 7) is 3.43. The van der Waals surface area contributed by atoms with Crippen LogP contribution in [0.4, 0.5) is 5.69 Å². The molecule has 0 fully saturated rings. The fourth-order valence-electron chi connectivity index (χ4n) is 4.56. The van der Waals surface area contributed by atoms with Crippen LogP contribution in [0.15, 0.2) is 89.8 Å². The Morgan fingerprint density at radius 1 is 0.976 bits per heavy atom. The molecular weight excluding hydrogens is 532 g/mol. The number of ether oxygens (including phenoxy) is 3. The van der Waals surface area contributed by atoms with Crippen molar-refractivity contribution >= 4 is 23.6 Å². The Hall–Kier alpha value is -5.26. The number of hydrogen-bond acceptors (Lipinski definition) is 10. The van der Waals surface area contributed by atoms with Crippen molar-refractivity contribution in [1.29, 1.82) is 0 Å². The second-order valence-electron chi connectivity index (χ2n) is 9.18. The lowest BCUT2D eigenvalue weighted by Crippen LogP contribution is -2.32. The van der Waals surface area contributed by atoms with Crippen molar-refractivity contribution in [2.75, 3.05) is 20.3 Å². The van der Waals surface area contributed by atoms with Gasteiger partial charge in [-0.05, 0) is 37.1 Å². The van der Waals surface area contributed by atoms with Crippen LogP contribution in [0.25, 0.3) is 0 Å². The van der Waals surface area contributed by atoms with Gasteiger partial charge in [-0.3, -0.25) is 10.1 Å². The van der Waals surface area contributed by atoms with Crippen molar-refractivity contribution in [1.82, 2.24) is 14.9 Å². The van der Waals surface area contributed by atoms with E-state index in [9.17, 15) is 24.5 Å². The molecule has 1 aliphatic heterocycles. The van der Waals surface area contributed by atoms with Crippen LogP contribution in [0.1, 0.15) is 41.3 Å². The van der Waals surface area contributed by atoms with Gasteiger partial charge in [0, 0.05) is 42.5 Å². The van der Waals surface area contributed by atoms with Gasteiger partial charge >= 0.3 is 17.9 Å². The van der Waals surface area contributed by atoms with Gasteiger partial charge in [0.15, 0.2) is 0 Å². The van der Waals surface area contributed by atoms with E-state index < -0.39 is 28.7 Å². The summed E-state index contributed by atoms with van der Waals surface area (Å²) in [5.74, 6) is -3.04. The van der Waals surface area contributed by atoms with Crippen LogP contribution in [-0.2, 0) is 30.3 Å². The Balaban J connectivity index is 1.43. The minimum Gasteiger partial charge on any atom is -0.466 e. The third-order valence-electron chi connectivity index (χ3n) is 6.46. The van der Waals surface area contributed by atoms with Gasteiger partial charge in [0.05, 0.1) is 41.0 Å². The second kappa shape index (κ2) is 12.7. The highest BCUT2D eigenvalue weighted by molar-refractivity contribution is 6.00. The Morgan fingerprint density at radius 2 is 1.63 bits per heavy atom. The number of carbonyl (C=O) groups is 3. The second-order valence-corrected chi connectivity index (χ2v) is 9.18. The van der Waals surface area contributed by atoms with Crippen LogP contribution >= 0.6 is 0 Å². The van der Waals surface area contributed by atoms with Gasteiger partial charge in [-0.1, -0.05) is 24.3 Å². The summed E-state index contributed by atoms with van der Waals surface area (Å²) in [4.78, 5) is 53.3. The zero-order valence-electron chi connectivity index (χ0n) is 22.7. The summed E-state index contributed by atoms with van der Waals surface area (Å²) in [5.41, 5.74) is 2.51. The lowest BCUT2D eigenvalue weighted by atomic mass is 9.80. The molecular formula is C29H28N4O8. The Labute approximate surface area is 235 Å². The molecule has 0 aliphatic carbocycles. The molecule has 1 unspecified atom stereocenters. The maximum absolute atomic E-state index is 13.3. The lowest BCUT2D eigenvalue weighted by molar-refractivity contribution is -0.384. The number of esters is 3. The van der Waals surface area contributed by atoms with Crippen LogP contribution in [-0.4, -0.2) is 52.7 Å². The van der Waals surface area contributed by atoms with E-state index in [0.717, 1.165) is 5.56 Å². The summed E-state index contributed by atoms with van der Waals surface area (Å²) < 4.78 is 17.5. The van der Waals surface area contributed by atoms with Gasteiger partial charge < -0.3 is 24.1 Å². The highest BCUT2D eigenvalue weighted by Gasteiger charge is 2.38. The van der Waals surface area contributed by atoms with Crippen LogP contribution in [0.3, 0.4) is 0 Å². The highest BCUT2D eigenvalue weighted by Crippen LogP contribution is 2.40. The molecule has 0 spiro atoms. The normalized spacial score (nSPS) is 14.8. The van der Waals surface area contributed by atoms with E-state index in [1.165, 1.54) is 25.3 Å². The molecule has 2 aromatic carbocycles. The number of imidazole rings is 1. The highest BCUT2D eigenvalue weighted by atomic mass is 16.6. The first-order valence-corrected chi connectivity index (χ1v) is 12.6. The number of rotatable bonds is 10. The summed E-state index contributed by atoms with van der Waals surface area (Å²) >= 11 is 0. The Kier molecular flexibility index (Phi) is 8.92. The molecule has 1 N–H and O–H groups in total. The minimum atomic E-state index is -0.987. The van der Waals surface area contributed by atoms with E-state index in [0.29, 0.717) is 29.1 Å². The fraction of sp³-hybridized carbons (Fsp3) is 0.241. The number of carbonyl (C=O) groups excluding carboxylic acids is 3. The van der Waals surface area contributed by atoms with E-state index >= 15 is 0 Å². The number of aromatic nitrogens is 2. The number of methoxy groups -OCH3 is 1. The Morgan fingerprint density at radius 3 is 2.24 bits per heavy atom. The van der Waals surface area contributed by atoms with Gasteiger partial charge in [0.2, 0.25) is 0 Å². The zero-order chi connectivity index (χ0) is 29.5. The molecule has 0 amide bonds. The van der Waals surface area contributed by atoms with Gasteiger partial charge in [-0.25, -0.2) is 19.4 Å². The molecule has 1 aliphatic rings. The van der Waals surface area contributed by atoms with E-state index in [4.69, 9.17) is 14.2 Å². The molecule has 0 radical (unpaired) electrons. The molecule has 0 saturated heterocycles. The van der Waals surface area contributed by atoms with Gasteiger partial charge in [-0.15, -0.1) is 0 Å². The number of nitro benzene ring substituents is 1. The number of dihydropyridines is 1. The van der Waals surface area contributed by atoms with Crippen molar-refractivity contribution in [3.8, 4) is 0 Å². The zero-order valence-corrected chi connectivity index (χ0v) is 22.7. The molecule has 0 bridgehead atoms. The number of benzene rings is 2. The van der Waals surface area contributed by atoms with E-state index in [1.54, 1.807) is 44.6 Å². The van der Waals surface area contributed by atoms with E-state index in [2.05, 4.69) is 10.3 Å². The van der Waals surface area contributed by atoms with Crippen molar-refractivity contribution in [2.45, 2.75) is 26.3 Å². The molecule has 2 heterocycles. The van der Waals surface area contributed by atoms with Crippen LogP contribution < -0.4 is 5.32 Å². The third-order valence-corrected chi connectivity index (χ3v) is 6.46. The summed E-state index contributed by atoms with van der Waals surface area (Å²) in [6.07, 6.45) is 5.22. The fourth-order valence-corrected chi connectivity index (χ4v) is 4.56. The number of non-ortho nitro benzene ring substituents is 1. The van der Waals surface area contributed by atoms with Crippen molar-refractivity contribution < 1.29 is 33.5 Å². The molecule has 0 saturated carbocycles. The predicted octanol–water partition coefficient (Wildman–Crippen LogP) is 3.65. The number of hydrogen-bond donors (Lipinski definition) is 1. The predicted molar refractivity (Wildman–Crippen MR) is 145 cm³/mol. The molecule has 3 aromatic rings. The maximum Gasteiger partial charge on any atom is 0.338 e. The average molecular weight is 561 g/mol. The van der Waals surface area contributed by atoms with Gasteiger partial charge in [0.25, 0.3) is 5.69 Å². The minimum absolute atomic E-state index is 0.0799. The summed E-state index contributed by atoms with van der Waals surface area (Å²) in [5, 5.41) is 14.4. The van der Waals surface area contributed by atoms with E-state index in [1.807, 2.05) is 22.9 Å². The molecule has 212 valence electrons. The topological polar surface area (TPSA) is 152 Å². The van der Waals surface area contributed by atoms with Crippen LogP contribution in [0.5, 0.6) is 0 Å². The number of nitrogens with zero attached hydrogens (tertiary/aromatic N) is 3. The molecule has 12 nitrogen and oxygen atoms in total. The van der Waals surface area contributed by atoms with Crippen molar-refractivity contribution in [3.05, 3.63) is 117 Å². The molecule has 1 atom stereocenters. The standard InChI is InChI=1S/C29H28N4O8/c1-18-24(28(35)39-3)26(22-5-4-6-23(15-22)33(37)38)25(19(2)31-18)29(36)41-14-13-40-27(34)21-9-7-20(8-10-21)16-32-12-11-30-17-32/h4-12,15,17,26,31H,13-14,16H2,1-3H3. The third kappa shape index (κ3) is 6.67. The van der Waals surface area contributed by atoms with Gasteiger partial charge in [-0.2, -0.15) is 0 Å². The summed E-state index contributed by atoms with van der Waals surface area (Å²) in [6, 6.07) is 12.6. The molecule has 12 heteroatoms. The SMILES string of the molecule is COC(=O)C1=C(C)NC(C)=C(C(=O)OCCOC(=O)c2ccc(Cn3ccnc3)cc2)C1c1cccc([N+](=O)[O-])c1. The maximum atomic E-state index is 13.3. The molecule has 4 rings (SSSR count). The smallest absolute Gasteiger partial charge is 0.338 e.